The summed E-state index contributed by atoms with van der Waals surface area (Å²) in [7, 11) is 0. The van der Waals surface area contributed by atoms with E-state index in [-0.39, 0.29) is 0 Å². The van der Waals surface area contributed by atoms with Crippen molar-refractivity contribution >= 4 is 38.9 Å². The Morgan fingerprint density at radius 3 is 2.72 bits per heavy atom. The lowest BCUT2D eigenvalue weighted by atomic mass is 9.90. The summed E-state index contributed by atoms with van der Waals surface area (Å²) in [4.78, 5) is 16.5. The fraction of sp³-hybridized carbons (Fsp3) is 0.389. The summed E-state index contributed by atoms with van der Waals surface area (Å²) in [6.45, 7) is 0.693. The number of ether oxygens (including phenoxy) is 1. The predicted molar refractivity (Wildman–Crippen MR) is 101 cm³/mol. The Kier molecular flexibility index (Phi) is 4.83. The fourth-order valence-corrected chi connectivity index (χ4v) is 3.61. The van der Waals surface area contributed by atoms with Crippen molar-refractivity contribution < 1.29 is 4.74 Å². The lowest BCUT2D eigenvalue weighted by molar-refractivity contribution is 0.204. The number of halogens is 1. The van der Waals surface area contributed by atoms with Crippen LogP contribution >= 0.6 is 16.1 Å². The number of hydrogen-bond acceptors (Lipinski definition) is 5. The van der Waals surface area contributed by atoms with E-state index in [1.165, 1.54) is 32.1 Å². The SMILES string of the molecule is BrN(c1ccccc1)c1nc(OCC2CCCCC2)c2[nH]cnc2n1. The van der Waals surface area contributed by atoms with Crippen LogP contribution in [0.1, 0.15) is 32.1 Å². The second-order valence-electron chi connectivity index (χ2n) is 6.36. The minimum atomic E-state index is 0.504. The maximum Gasteiger partial charge on any atom is 0.245 e. The summed E-state index contributed by atoms with van der Waals surface area (Å²) in [5, 5.41) is 0. The van der Waals surface area contributed by atoms with Crippen LogP contribution in [0.15, 0.2) is 36.7 Å². The number of anilines is 2. The first-order chi connectivity index (χ1) is 12.3. The van der Waals surface area contributed by atoms with Crippen molar-refractivity contribution in [2.24, 2.45) is 5.92 Å². The van der Waals surface area contributed by atoms with Gasteiger partial charge in [-0.15, -0.1) is 0 Å². The number of aromatic nitrogens is 4. The number of imidazole rings is 1. The van der Waals surface area contributed by atoms with Crippen molar-refractivity contribution in [3.8, 4) is 5.88 Å². The third kappa shape index (κ3) is 3.61. The Bertz CT molecular complexity index is 832. The molecule has 25 heavy (non-hydrogen) atoms. The van der Waals surface area contributed by atoms with Gasteiger partial charge in [-0.25, -0.2) is 8.91 Å². The number of para-hydroxylation sites is 1. The van der Waals surface area contributed by atoms with Crippen LogP contribution in [0.5, 0.6) is 5.88 Å². The van der Waals surface area contributed by atoms with E-state index in [1.807, 2.05) is 30.3 Å². The average molecular weight is 402 g/mol. The van der Waals surface area contributed by atoms with Crippen molar-refractivity contribution in [2.75, 3.05) is 10.5 Å². The smallest absolute Gasteiger partial charge is 0.245 e. The minimum Gasteiger partial charge on any atom is -0.476 e. The van der Waals surface area contributed by atoms with E-state index in [1.54, 1.807) is 10.3 Å². The van der Waals surface area contributed by atoms with Crippen LogP contribution < -0.4 is 8.66 Å². The number of nitrogens with one attached hydrogen (secondary N) is 1. The van der Waals surface area contributed by atoms with Gasteiger partial charge in [0.05, 0.1) is 34.8 Å². The first-order valence-corrected chi connectivity index (χ1v) is 9.37. The molecule has 0 atom stereocenters. The fourth-order valence-electron chi connectivity index (χ4n) is 3.21. The summed E-state index contributed by atoms with van der Waals surface area (Å²) in [6.07, 6.45) is 8.03. The van der Waals surface area contributed by atoms with Gasteiger partial charge in [-0.2, -0.15) is 9.97 Å². The maximum absolute atomic E-state index is 6.07. The Morgan fingerprint density at radius 2 is 1.92 bits per heavy atom. The van der Waals surface area contributed by atoms with Crippen molar-refractivity contribution in [1.82, 2.24) is 19.9 Å². The van der Waals surface area contributed by atoms with Crippen LogP contribution in [0.3, 0.4) is 0 Å². The number of benzene rings is 1. The highest BCUT2D eigenvalue weighted by molar-refractivity contribution is 9.10. The number of rotatable bonds is 5. The summed E-state index contributed by atoms with van der Waals surface area (Å²) in [5.74, 6) is 1.67. The molecule has 4 rings (SSSR count). The highest BCUT2D eigenvalue weighted by atomic mass is 79.9. The highest BCUT2D eigenvalue weighted by Crippen LogP contribution is 2.31. The summed E-state index contributed by atoms with van der Waals surface area (Å²) < 4.78 is 7.83. The van der Waals surface area contributed by atoms with E-state index in [0.29, 0.717) is 30.0 Å². The third-order valence-corrected chi connectivity index (χ3v) is 5.31. The molecule has 2 heterocycles. The molecule has 1 aromatic carbocycles. The van der Waals surface area contributed by atoms with Gasteiger partial charge in [-0.3, -0.25) is 0 Å². The second-order valence-corrected chi connectivity index (χ2v) is 7.07. The molecule has 0 amide bonds. The van der Waals surface area contributed by atoms with E-state index in [0.717, 1.165) is 11.2 Å². The van der Waals surface area contributed by atoms with Crippen molar-refractivity contribution in [1.29, 1.82) is 0 Å². The molecule has 0 bridgehead atoms. The molecular weight excluding hydrogens is 382 g/mol. The highest BCUT2D eigenvalue weighted by Gasteiger charge is 2.19. The average Bonchev–Trinajstić information content (AvgIpc) is 3.16. The van der Waals surface area contributed by atoms with Crippen LogP contribution in [-0.2, 0) is 0 Å². The van der Waals surface area contributed by atoms with Gasteiger partial charge in [0.1, 0.15) is 5.52 Å². The normalized spacial score (nSPS) is 15.4. The van der Waals surface area contributed by atoms with Crippen molar-refractivity contribution in [3.05, 3.63) is 36.7 Å². The molecule has 1 aliphatic rings. The summed E-state index contributed by atoms with van der Waals surface area (Å²) in [6, 6.07) is 9.87. The van der Waals surface area contributed by atoms with Crippen LogP contribution in [0.2, 0.25) is 0 Å². The first kappa shape index (κ1) is 16.3. The zero-order valence-electron chi connectivity index (χ0n) is 13.9. The number of hydrogen-bond donors (Lipinski definition) is 1. The van der Waals surface area contributed by atoms with Gasteiger partial charge in [0.2, 0.25) is 11.8 Å². The molecule has 130 valence electrons. The largest absolute Gasteiger partial charge is 0.476 e. The topological polar surface area (TPSA) is 66.9 Å². The Balaban J connectivity index is 1.60. The molecule has 1 N–H and O–H groups in total. The molecule has 0 aliphatic heterocycles. The van der Waals surface area contributed by atoms with Crippen LogP contribution in [0.4, 0.5) is 11.6 Å². The summed E-state index contributed by atoms with van der Waals surface area (Å²) >= 11 is 3.54. The molecule has 0 spiro atoms. The van der Waals surface area contributed by atoms with Gasteiger partial charge in [-0.1, -0.05) is 37.5 Å². The first-order valence-electron chi connectivity index (χ1n) is 8.66. The lowest BCUT2D eigenvalue weighted by Gasteiger charge is -2.21. The molecule has 1 aliphatic carbocycles. The van der Waals surface area contributed by atoms with Gasteiger partial charge in [0, 0.05) is 0 Å². The monoisotopic (exact) mass is 401 g/mol. The number of fused-ring (bicyclic) bond motifs is 1. The van der Waals surface area contributed by atoms with E-state index >= 15 is 0 Å². The molecule has 2 aromatic heterocycles. The molecule has 1 fully saturated rings. The van der Waals surface area contributed by atoms with Gasteiger partial charge >= 0.3 is 0 Å². The van der Waals surface area contributed by atoms with E-state index in [9.17, 15) is 0 Å². The summed E-state index contributed by atoms with van der Waals surface area (Å²) in [5.41, 5.74) is 2.29. The minimum absolute atomic E-state index is 0.504. The Hall–Kier alpha value is -2.15. The van der Waals surface area contributed by atoms with Gasteiger partial charge in [0.25, 0.3) is 0 Å². The van der Waals surface area contributed by atoms with E-state index in [2.05, 4.69) is 36.1 Å². The molecule has 1 saturated carbocycles. The van der Waals surface area contributed by atoms with Crippen LogP contribution in [0, 0.1) is 5.92 Å². The van der Waals surface area contributed by atoms with Crippen molar-refractivity contribution in [3.63, 3.8) is 0 Å². The number of nitrogens with zero attached hydrogens (tertiary/aromatic N) is 4. The van der Waals surface area contributed by atoms with Gasteiger partial charge in [-0.05, 0) is 30.9 Å². The standard InChI is InChI=1S/C18H20BrN5O/c19-24(14-9-5-2-6-10-14)18-22-16-15(20-12-21-16)17(23-18)25-11-13-7-3-1-4-8-13/h2,5-6,9-10,12-13H,1,3-4,7-8,11H2,(H,20,21,22,23). The predicted octanol–water partition coefficient (Wildman–Crippen LogP) is 4.76. The quantitative estimate of drug-likeness (QED) is 0.624. The zero-order chi connectivity index (χ0) is 17.1. The molecule has 7 heteroatoms. The van der Waals surface area contributed by atoms with Crippen LogP contribution in [-0.4, -0.2) is 26.5 Å². The molecule has 6 nitrogen and oxygen atoms in total. The Labute approximate surface area is 155 Å². The lowest BCUT2D eigenvalue weighted by Crippen LogP contribution is -2.16. The van der Waals surface area contributed by atoms with E-state index in [4.69, 9.17) is 4.74 Å². The number of aromatic amines is 1. The van der Waals surface area contributed by atoms with Gasteiger partial charge < -0.3 is 9.72 Å². The molecular formula is C18H20BrN5O. The van der Waals surface area contributed by atoms with E-state index < -0.39 is 0 Å². The molecule has 0 saturated heterocycles. The maximum atomic E-state index is 6.07. The number of H-pyrrole nitrogens is 1. The second kappa shape index (κ2) is 7.39. The Morgan fingerprint density at radius 1 is 1.12 bits per heavy atom. The van der Waals surface area contributed by atoms with Crippen LogP contribution in [0.25, 0.3) is 11.2 Å². The van der Waals surface area contributed by atoms with Crippen molar-refractivity contribution in [2.45, 2.75) is 32.1 Å². The molecule has 0 unspecified atom stereocenters. The molecule has 0 radical (unpaired) electrons. The third-order valence-electron chi connectivity index (χ3n) is 4.58. The molecule has 3 aromatic rings. The van der Waals surface area contributed by atoms with Gasteiger partial charge in [0.15, 0.2) is 5.65 Å². The zero-order valence-corrected chi connectivity index (χ0v) is 15.4.